The van der Waals surface area contributed by atoms with E-state index in [9.17, 15) is 4.79 Å². The Kier molecular flexibility index (Phi) is 4.25. The number of nitrogens with one attached hydrogen (secondary N) is 1. The molecule has 0 aromatic carbocycles. The number of amides is 1. The highest BCUT2D eigenvalue weighted by atomic mass is 32.1. The highest BCUT2D eigenvalue weighted by molar-refractivity contribution is 7.80. The molecule has 2 aliphatic carbocycles. The number of rotatable bonds is 5. The van der Waals surface area contributed by atoms with Gasteiger partial charge in [0.25, 0.3) is 0 Å². The Bertz CT molecular complexity index is 331. The fraction of sp³-hybridized carbons (Fsp3) is 0.857. The predicted molar refractivity (Wildman–Crippen MR) is 77.2 cm³/mol. The van der Waals surface area contributed by atoms with Gasteiger partial charge in [-0.05, 0) is 31.1 Å². The van der Waals surface area contributed by atoms with Crippen molar-refractivity contribution in [2.75, 3.05) is 6.54 Å². The summed E-state index contributed by atoms with van der Waals surface area (Å²) in [7, 11) is 0. The minimum absolute atomic E-state index is 0.0612. The first-order valence-electron chi connectivity index (χ1n) is 7.13. The normalized spacial score (nSPS) is 31.9. The molecule has 0 aliphatic heterocycles. The minimum atomic E-state index is -0.537. The van der Waals surface area contributed by atoms with Crippen LogP contribution >= 0.6 is 12.2 Å². The lowest BCUT2D eigenvalue weighted by molar-refractivity contribution is -0.132. The summed E-state index contributed by atoms with van der Waals surface area (Å²) in [6.07, 6.45) is 8.10. The van der Waals surface area contributed by atoms with Crippen molar-refractivity contribution in [3.05, 3.63) is 0 Å². The van der Waals surface area contributed by atoms with Gasteiger partial charge in [0.05, 0.1) is 10.4 Å². The molecule has 3 N–H and O–H groups in total. The number of thiocarbonyl (C=S) groups is 1. The summed E-state index contributed by atoms with van der Waals surface area (Å²) in [5.41, 5.74) is 5.22. The Morgan fingerprint density at radius 2 is 2.00 bits per heavy atom. The summed E-state index contributed by atoms with van der Waals surface area (Å²) in [5.74, 6) is 1.43. The molecular weight excluding hydrogens is 244 g/mol. The molecule has 0 aromatic rings. The molecule has 4 heteroatoms. The van der Waals surface area contributed by atoms with E-state index in [4.69, 9.17) is 18.0 Å². The van der Waals surface area contributed by atoms with Gasteiger partial charge in [-0.25, -0.2) is 0 Å². The fourth-order valence-electron chi connectivity index (χ4n) is 3.49. The molecule has 1 amide bonds. The van der Waals surface area contributed by atoms with Crippen LogP contribution in [-0.2, 0) is 4.79 Å². The Balaban J connectivity index is 1.77. The van der Waals surface area contributed by atoms with Gasteiger partial charge >= 0.3 is 0 Å². The fourth-order valence-corrected chi connectivity index (χ4v) is 3.75. The molecule has 2 rings (SSSR count). The molecule has 102 valence electrons. The van der Waals surface area contributed by atoms with Gasteiger partial charge in [0.1, 0.15) is 0 Å². The van der Waals surface area contributed by atoms with E-state index in [1.54, 1.807) is 0 Å². The van der Waals surface area contributed by atoms with Gasteiger partial charge in [-0.15, -0.1) is 0 Å². The maximum Gasteiger partial charge on any atom is 0.233 e. The lowest BCUT2D eigenvalue weighted by Gasteiger charge is -2.44. The van der Waals surface area contributed by atoms with Crippen molar-refractivity contribution in [1.29, 1.82) is 0 Å². The highest BCUT2D eigenvalue weighted by Crippen LogP contribution is 2.46. The molecule has 2 saturated carbocycles. The topological polar surface area (TPSA) is 55.1 Å². The average Bonchev–Trinajstić information content (AvgIpc) is 2.76. The third kappa shape index (κ3) is 2.68. The van der Waals surface area contributed by atoms with Crippen LogP contribution in [0.5, 0.6) is 0 Å². The van der Waals surface area contributed by atoms with E-state index in [0.29, 0.717) is 10.9 Å². The second-order valence-corrected chi connectivity index (χ2v) is 6.59. The number of carbonyl (C=O) groups is 1. The number of hydrogen-bond acceptors (Lipinski definition) is 2. The molecule has 3 nitrogen and oxygen atoms in total. The molecule has 0 bridgehead atoms. The number of nitrogens with two attached hydrogens (primary N) is 1. The first kappa shape index (κ1) is 13.8. The van der Waals surface area contributed by atoms with Gasteiger partial charge < -0.3 is 11.1 Å². The molecule has 2 fully saturated rings. The van der Waals surface area contributed by atoms with Crippen LogP contribution in [-0.4, -0.2) is 17.4 Å². The zero-order chi connectivity index (χ0) is 13.2. The summed E-state index contributed by atoms with van der Waals surface area (Å²) in [4.78, 5) is 12.6. The van der Waals surface area contributed by atoms with E-state index in [1.165, 1.54) is 25.7 Å². The SMILES string of the molecule is CC1CC(C(=O)NCCC2CCCC2)(C(N)=S)C1. The van der Waals surface area contributed by atoms with Gasteiger partial charge in [-0.2, -0.15) is 0 Å². The van der Waals surface area contributed by atoms with E-state index in [1.807, 2.05) is 0 Å². The monoisotopic (exact) mass is 268 g/mol. The third-order valence-corrected chi connectivity index (χ3v) is 5.00. The molecule has 0 spiro atoms. The third-order valence-electron chi connectivity index (χ3n) is 4.61. The van der Waals surface area contributed by atoms with E-state index in [-0.39, 0.29) is 5.91 Å². The average molecular weight is 268 g/mol. The lowest BCUT2D eigenvalue weighted by Crippen LogP contribution is -2.56. The molecule has 0 saturated heterocycles. The standard InChI is InChI=1S/C14H24N2OS/c1-10-8-14(9-10,12(15)18)13(17)16-7-6-11-4-2-3-5-11/h10-11H,2-9H2,1H3,(H2,15,18)(H,16,17). The Morgan fingerprint density at radius 3 is 2.50 bits per heavy atom. The van der Waals surface area contributed by atoms with E-state index < -0.39 is 5.41 Å². The number of hydrogen-bond donors (Lipinski definition) is 2. The van der Waals surface area contributed by atoms with Crippen LogP contribution in [0.4, 0.5) is 0 Å². The maximum atomic E-state index is 12.2. The van der Waals surface area contributed by atoms with Crippen molar-refractivity contribution in [2.24, 2.45) is 23.0 Å². The van der Waals surface area contributed by atoms with Crippen LogP contribution in [0.2, 0.25) is 0 Å². The Morgan fingerprint density at radius 1 is 1.39 bits per heavy atom. The van der Waals surface area contributed by atoms with Crippen molar-refractivity contribution >= 4 is 23.1 Å². The predicted octanol–water partition coefficient (Wildman–Crippen LogP) is 2.39. The van der Waals surface area contributed by atoms with Crippen molar-refractivity contribution in [3.8, 4) is 0 Å². The second-order valence-electron chi connectivity index (χ2n) is 6.15. The summed E-state index contributed by atoms with van der Waals surface area (Å²) >= 11 is 5.08. The minimum Gasteiger partial charge on any atom is -0.392 e. The zero-order valence-corrected chi connectivity index (χ0v) is 12.0. The largest absolute Gasteiger partial charge is 0.392 e. The number of carbonyl (C=O) groups excluding carboxylic acids is 1. The van der Waals surface area contributed by atoms with Crippen molar-refractivity contribution in [2.45, 2.75) is 51.9 Å². The van der Waals surface area contributed by atoms with Gasteiger partial charge in [-0.3, -0.25) is 4.79 Å². The molecule has 2 aliphatic rings. The van der Waals surface area contributed by atoms with Crippen LogP contribution in [0.3, 0.4) is 0 Å². The summed E-state index contributed by atoms with van der Waals surface area (Å²) < 4.78 is 0. The summed E-state index contributed by atoms with van der Waals surface area (Å²) in [5, 5.41) is 3.05. The van der Waals surface area contributed by atoms with Gasteiger partial charge in [0.2, 0.25) is 5.91 Å². The van der Waals surface area contributed by atoms with Crippen molar-refractivity contribution in [1.82, 2.24) is 5.32 Å². The molecule has 0 radical (unpaired) electrons. The van der Waals surface area contributed by atoms with E-state index in [2.05, 4.69) is 12.2 Å². The molecule has 18 heavy (non-hydrogen) atoms. The molecule has 0 unspecified atom stereocenters. The quantitative estimate of drug-likeness (QED) is 0.753. The second kappa shape index (κ2) is 5.55. The molecule has 0 aromatic heterocycles. The summed E-state index contributed by atoms with van der Waals surface area (Å²) in [6, 6.07) is 0. The summed E-state index contributed by atoms with van der Waals surface area (Å²) in [6.45, 7) is 2.92. The molecular formula is C14H24N2OS. The maximum absolute atomic E-state index is 12.2. The van der Waals surface area contributed by atoms with Gasteiger partial charge in [0.15, 0.2) is 0 Å². The smallest absolute Gasteiger partial charge is 0.233 e. The molecule has 0 atom stereocenters. The zero-order valence-electron chi connectivity index (χ0n) is 11.2. The van der Waals surface area contributed by atoms with Crippen molar-refractivity contribution in [3.63, 3.8) is 0 Å². The Labute approximate surface area is 115 Å². The van der Waals surface area contributed by atoms with Crippen LogP contribution in [0.25, 0.3) is 0 Å². The van der Waals surface area contributed by atoms with Crippen molar-refractivity contribution < 1.29 is 4.79 Å². The first-order valence-corrected chi connectivity index (χ1v) is 7.53. The van der Waals surface area contributed by atoms with Gasteiger partial charge in [0, 0.05) is 6.54 Å². The van der Waals surface area contributed by atoms with Crippen LogP contribution in [0, 0.1) is 17.3 Å². The van der Waals surface area contributed by atoms with Crippen LogP contribution in [0.1, 0.15) is 51.9 Å². The van der Waals surface area contributed by atoms with E-state index >= 15 is 0 Å². The van der Waals surface area contributed by atoms with Gasteiger partial charge in [-0.1, -0.05) is 44.8 Å². The lowest BCUT2D eigenvalue weighted by atomic mass is 9.62. The van der Waals surface area contributed by atoms with Crippen LogP contribution < -0.4 is 11.1 Å². The molecule has 0 heterocycles. The first-order chi connectivity index (χ1) is 8.54. The Hall–Kier alpha value is -0.640. The highest BCUT2D eigenvalue weighted by Gasteiger charge is 2.50. The van der Waals surface area contributed by atoms with E-state index in [0.717, 1.165) is 31.7 Å². The van der Waals surface area contributed by atoms with Crippen LogP contribution in [0.15, 0.2) is 0 Å².